The lowest BCUT2D eigenvalue weighted by Gasteiger charge is -2.10. The summed E-state index contributed by atoms with van der Waals surface area (Å²) in [5.74, 6) is 0. The van der Waals surface area contributed by atoms with Crippen LogP contribution in [0.1, 0.15) is 17.2 Å². The third kappa shape index (κ3) is 2.82. The van der Waals surface area contributed by atoms with Gasteiger partial charge in [-0.3, -0.25) is 4.18 Å². The van der Waals surface area contributed by atoms with Crippen molar-refractivity contribution >= 4 is 26.0 Å². The van der Waals surface area contributed by atoms with Crippen molar-refractivity contribution in [3.63, 3.8) is 0 Å². The van der Waals surface area contributed by atoms with Gasteiger partial charge in [0.15, 0.2) is 0 Å². The van der Waals surface area contributed by atoms with Crippen LogP contribution in [-0.4, -0.2) is 21.3 Å². The van der Waals surface area contributed by atoms with Crippen molar-refractivity contribution < 1.29 is 17.3 Å². The quantitative estimate of drug-likeness (QED) is 0.802. The van der Waals surface area contributed by atoms with E-state index in [2.05, 4.69) is 15.9 Å². The van der Waals surface area contributed by atoms with E-state index in [-0.39, 0.29) is 12.7 Å². The normalized spacial score (nSPS) is 19.8. The van der Waals surface area contributed by atoms with Gasteiger partial charge in [-0.25, -0.2) is 0 Å². The lowest BCUT2D eigenvalue weighted by atomic mass is 10.1. The highest BCUT2D eigenvalue weighted by atomic mass is 79.9. The van der Waals surface area contributed by atoms with Gasteiger partial charge in [-0.2, -0.15) is 8.42 Å². The highest BCUT2D eigenvalue weighted by Gasteiger charge is 2.24. The Balaban J connectivity index is 2.12. The van der Waals surface area contributed by atoms with Crippen LogP contribution in [0.2, 0.25) is 0 Å². The smallest absolute Gasteiger partial charge is 0.264 e. The van der Waals surface area contributed by atoms with Crippen molar-refractivity contribution in [1.82, 2.24) is 0 Å². The van der Waals surface area contributed by atoms with Crippen molar-refractivity contribution in [2.24, 2.45) is 0 Å². The van der Waals surface area contributed by atoms with E-state index in [9.17, 15) is 8.42 Å². The molecule has 1 aliphatic heterocycles. The van der Waals surface area contributed by atoms with E-state index in [0.29, 0.717) is 6.61 Å². The van der Waals surface area contributed by atoms with Crippen LogP contribution in [0, 0.1) is 0 Å². The number of halogens is 1. The monoisotopic (exact) mass is 306 g/mol. The molecule has 0 bridgehead atoms. The fourth-order valence-corrected chi connectivity index (χ4v) is 2.40. The summed E-state index contributed by atoms with van der Waals surface area (Å²) in [5.41, 5.74) is 2.06. The molecule has 1 aromatic carbocycles. The largest absolute Gasteiger partial charge is 0.366 e. The Morgan fingerprint density at radius 1 is 1.56 bits per heavy atom. The van der Waals surface area contributed by atoms with Gasteiger partial charge < -0.3 is 4.74 Å². The number of hydrogen-bond donors (Lipinski definition) is 0. The molecular formula is C10H11BrO4S. The molecule has 16 heavy (non-hydrogen) atoms. The predicted octanol–water partition coefficient (Wildman–Crippen LogP) is 2.00. The van der Waals surface area contributed by atoms with Crippen molar-refractivity contribution in [3.05, 3.63) is 33.8 Å². The van der Waals surface area contributed by atoms with Crippen LogP contribution >= 0.6 is 15.9 Å². The molecule has 0 fully saturated rings. The van der Waals surface area contributed by atoms with Gasteiger partial charge in [0.05, 0.1) is 19.5 Å². The standard InChI is InChI=1S/C10H11BrO4S/c1-16(12,13)15-6-10-9-3-2-8(11)4-7(9)5-14-10/h2-4,10H,5-6H2,1H3. The predicted molar refractivity (Wildman–Crippen MR) is 62.5 cm³/mol. The maximum absolute atomic E-state index is 10.9. The van der Waals surface area contributed by atoms with Gasteiger partial charge >= 0.3 is 0 Å². The van der Waals surface area contributed by atoms with Crippen LogP contribution < -0.4 is 0 Å². The first-order chi connectivity index (χ1) is 7.46. The molecule has 0 saturated carbocycles. The first-order valence-corrected chi connectivity index (χ1v) is 7.31. The van der Waals surface area contributed by atoms with Crippen LogP contribution in [0.15, 0.2) is 22.7 Å². The number of rotatable bonds is 3. The van der Waals surface area contributed by atoms with Crippen molar-refractivity contribution in [2.75, 3.05) is 12.9 Å². The zero-order valence-corrected chi connectivity index (χ0v) is 11.0. The number of ether oxygens (including phenoxy) is 1. The Morgan fingerprint density at radius 3 is 3.00 bits per heavy atom. The van der Waals surface area contributed by atoms with E-state index in [1.54, 1.807) is 0 Å². The minimum atomic E-state index is -3.41. The second kappa shape index (κ2) is 4.44. The second-order valence-electron chi connectivity index (χ2n) is 3.63. The van der Waals surface area contributed by atoms with Gasteiger partial charge in [0, 0.05) is 4.47 Å². The molecule has 6 heteroatoms. The van der Waals surface area contributed by atoms with Crippen LogP contribution in [0.4, 0.5) is 0 Å². The minimum absolute atomic E-state index is 0.0352. The van der Waals surface area contributed by atoms with Gasteiger partial charge in [0.1, 0.15) is 6.10 Å². The van der Waals surface area contributed by atoms with Gasteiger partial charge in [0.25, 0.3) is 10.1 Å². The maximum Gasteiger partial charge on any atom is 0.264 e. The highest BCUT2D eigenvalue weighted by Crippen LogP contribution is 2.32. The molecule has 0 saturated heterocycles. The molecule has 0 spiro atoms. The van der Waals surface area contributed by atoms with Crippen LogP contribution in [-0.2, 0) is 25.6 Å². The number of fused-ring (bicyclic) bond motifs is 1. The van der Waals surface area contributed by atoms with Gasteiger partial charge in [-0.15, -0.1) is 0 Å². The summed E-state index contributed by atoms with van der Waals surface area (Å²) in [6.07, 6.45) is 0.739. The van der Waals surface area contributed by atoms with E-state index in [1.165, 1.54) is 0 Å². The molecule has 0 aromatic heterocycles. The molecule has 0 N–H and O–H groups in total. The van der Waals surface area contributed by atoms with Gasteiger partial charge in [-0.05, 0) is 23.3 Å². The Morgan fingerprint density at radius 2 is 2.31 bits per heavy atom. The van der Waals surface area contributed by atoms with E-state index >= 15 is 0 Å². The zero-order chi connectivity index (χ0) is 11.8. The molecule has 0 radical (unpaired) electrons. The Hall–Kier alpha value is -0.430. The van der Waals surface area contributed by atoms with Crippen molar-refractivity contribution in [3.8, 4) is 0 Å². The molecule has 0 amide bonds. The van der Waals surface area contributed by atoms with E-state index < -0.39 is 10.1 Å². The zero-order valence-electron chi connectivity index (χ0n) is 8.64. The highest BCUT2D eigenvalue weighted by molar-refractivity contribution is 9.10. The molecule has 0 aliphatic carbocycles. The molecule has 4 nitrogen and oxygen atoms in total. The average Bonchev–Trinajstić information content (AvgIpc) is 2.56. The average molecular weight is 307 g/mol. The van der Waals surface area contributed by atoms with Gasteiger partial charge in [0.2, 0.25) is 0 Å². The van der Waals surface area contributed by atoms with E-state index in [1.807, 2.05) is 18.2 Å². The first-order valence-electron chi connectivity index (χ1n) is 4.70. The van der Waals surface area contributed by atoms with Crippen LogP contribution in [0.5, 0.6) is 0 Å². The molecular weight excluding hydrogens is 296 g/mol. The number of benzene rings is 1. The van der Waals surface area contributed by atoms with Crippen molar-refractivity contribution in [2.45, 2.75) is 12.7 Å². The summed E-state index contributed by atoms with van der Waals surface area (Å²) in [5, 5.41) is 0. The fourth-order valence-electron chi connectivity index (χ4n) is 1.62. The second-order valence-corrected chi connectivity index (χ2v) is 6.19. The summed E-state index contributed by atoms with van der Waals surface area (Å²) in [7, 11) is -3.41. The van der Waals surface area contributed by atoms with E-state index in [4.69, 9.17) is 8.92 Å². The molecule has 1 unspecified atom stereocenters. The molecule has 1 aliphatic rings. The molecule has 88 valence electrons. The molecule has 1 aromatic rings. The summed E-state index contributed by atoms with van der Waals surface area (Å²) in [4.78, 5) is 0. The summed E-state index contributed by atoms with van der Waals surface area (Å²) >= 11 is 3.37. The Labute approximate surface area is 103 Å². The summed E-state index contributed by atoms with van der Waals surface area (Å²) in [6.45, 7) is 0.528. The SMILES string of the molecule is CS(=O)(=O)OCC1OCc2cc(Br)ccc21. The van der Waals surface area contributed by atoms with Crippen LogP contribution in [0.3, 0.4) is 0 Å². The third-order valence-electron chi connectivity index (χ3n) is 2.33. The third-order valence-corrected chi connectivity index (χ3v) is 3.38. The Bertz CT molecular complexity index is 498. The first kappa shape index (κ1) is 12.0. The lowest BCUT2D eigenvalue weighted by molar-refractivity contribution is 0.0329. The minimum Gasteiger partial charge on any atom is -0.366 e. The summed E-state index contributed by atoms with van der Waals surface area (Å²) < 4.78 is 32.9. The lowest BCUT2D eigenvalue weighted by Crippen LogP contribution is -2.11. The summed E-state index contributed by atoms with van der Waals surface area (Å²) in [6, 6.07) is 5.79. The molecule has 2 rings (SSSR count). The van der Waals surface area contributed by atoms with Crippen molar-refractivity contribution in [1.29, 1.82) is 0 Å². The molecule has 1 atom stereocenters. The van der Waals surface area contributed by atoms with Crippen LogP contribution in [0.25, 0.3) is 0 Å². The van der Waals surface area contributed by atoms with Gasteiger partial charge in [-0.1, -0.05) is 22.0 Å². The maximum atomic E-state index is 10.9. The molecule has 1 heterocycles. The fraction of sp³-hybridized carbons (Fsp3) is 0.400. The Kier molecular flexibility index (Phi) is 3.34. The number of hydrogen-bond acceptors (Lipinski definition) is 4. The van der Waals surface area contributed by atoms with E-state index in [0.717, 1.165) is 21.9 Å². The topological polar surface area (TPSA) is 52.6 Å².